The van der Waals surface area contributed by atoms with Crippen molar-refractivity contribution in [3.63, 3.8) is 0 Å². The van der Waals surface area contributed by atoms with Crippen molar-refractivity contribution >= 4 is 26.4 Å². The Morgan fingerprint density at radius 2 is 1.20 bits per heavy atom. The summed E-state index contributed by atoms with van der Waals surface area (Å²) in [6.45, 7) is 0. The molecule has 3 nitrogen and oxygen atoms in total. The highest BCUT2D eigenvalue weighted by atomic mass is 127. The van der Waals surface area contributed by atoms with Crippen LogP contribution in [0.4, 0.5) is 43.9 Å². The van der Waals surface area contributed by atoms with Crippen molar-refractivity contribution < 1.29 is 53.4 Å². The van der Waals surface area contributed by atoms with E-state index in [9.17, 15) is 48.7 Å². The maximum absolute atomic E-state index is 13.0. The van der Waals surface area contributed by atoms with E-state index < -0.39 is 39.0 Å². The van der Waals surface area contributed by atoms with Crippen molar-refractivity contribution in [1.82, 2.24) is 4.90 Å². The van der Waals surface area contributed by atoms with E-state index in [1.165, 1.54) is 0 Å². The molecule has 0 N–H and O–H groups in total. The number of carbonyl (C=O) groups excluding carboxylic acids is 1. The van der Waals surface area contributed by atoms with Crippen molar-refractivity contribution in [2.75, 3.05) is 0 Å². The zero-order valence-corrected chi connectivity index (χ0v) is 10.6. The van der Waals surface area contributed by atoms with E-state index in [0.29, 0.717) is 0 Å². The summed E-state index contributed by atoms with van der Waals surface area (Å²) >= 11 is 0.0167. The van der Waals surface area contributed by atoms with Gasteiger partial charge < -0.3 is 0 Å². The third-order valence-corrected chi connectivity index (χ3v) is 2.68. The van der Waals surface area contributed by atoms with Crippen molar-refractivity contribution in [1.29, 1.82) is 0 Å². The number of ether oxygens (including phenoxy) is 1. The van der Waals surface area contributed by atoms with Crippen LogP contribution >= 0.6 is 22.6 Å². The van der Waals surface area contributed by atoms with Gasteiger partial charge in [0, 0.05) is 22.6 Å². The Morgan fingerprint density at radius 3 is 1.45 bits per heavy atom. The smallest absolute Gasteiger partial charge is 0.279 e. The molecule has 14 heteroatoms. The molecular weight excluding hydrogens is 435 g/mol. The molecule has 1 rings (SSSR count). The second kappa shape index (κ2) is 4.31. The van der Waals surface area contributed by atoms with E-state index in [1.54, 1.807) is 0 Å². The van der Waals surface area contributed by atoms with E-state index in [0.717, 1.165) is 0 Å². The van der Waals surface area contributed by atoms with Gasteiger partial charge in [-0.25, -0.2) is 4.74 Å². The average molecular weight is 435 g/mol. The fourth-order valence-electron chi connectivity index (χ4n) is 1.16. The number of rotatable bonds is 2. The van der Waals surface area contributed by atoms with Gasteiger partial charge in [-0.2, -0.15) is 43.9 Å². The Hall–Kier alpha value is -0.380. The molecule has 0 atom stereocenters. The first-order valence-electron chi connectivity index (χ1n) is 4.11. The normalized spacial score (nSPS) is 28.1. The molecule has 1 saturated heterocycles. The first-order valence-corrected chi connectivity index (χ1v) is 5.19. The summed E-state index contributed by atoms with van der Waals surface area (Å²) in [4.78, 5) is 7.21. The highest BCUT2D eigenvalue weighted by Crippen LogP contribution is 2.58. The molecule has 1 fully saturated rings. The van der Waals surface area contributed by atoms with Crippen LogP contribution in [-0.4, -0.2) is 39.0 Å². The Kier molecular flexibility index (Phi) is 3.81. The number of alkyl halides is 10. The van der Waals surface area contributed by atoms with Gasteiger partial charge in [0.25, 0.3) is 3.79 Å². The maximum atomic E-state index is 13.0. The van der Waals surface area contributed by atoms with E-state index in [4.69, 9.17) is 0 Å². The summed E-state index contributed by atoms with van der Waals surface area (Å²) in [5, 5.41) is 0. The predicted molar refractivity (Wildman–Crippen MR) is 46.7 cm³/mol. The Labute approximate surface area is 116 Å². The van der Waals surface area contributed by atoms with Crippen LogP contribution in [0, 0.1) is 0 Å². The summed E-state index contributed by atoms with van der Waals surface area (Å²) in [7, 11) is 0. The van der Waals surface area contributed by atoms with Gasteiger partial charge in [0.15, 0.2) is 0 Å². The van der Waals surface area contributed by atoms with Gasteiger partial charge in [0.05, 0.1) is 0 Å². The van der Waals surface area contributed by atoms with E-state index in [2.05, 4.69) is 0 Å². The van der Waals surface area contributed by atoms with Gasteiger partial charge in [-0.05, 0) is 0 Å². The molecular formula is C6F10INO2. The zero-order valence-electron chi connectivity index (χ0n) is 8.42. The standard InChI is InChI=1S/C6F10INO2/c7-2(8,1(17)19)18-3(9,10)5(13,14)20-6(15,16)4(18,11)12. The molecule has 0 amide bonds. The largest absolute Gasteiger partial charge is 0.439 e. The molecule has 0 saturated carbocycles. The number of nitrogens with zero attached hydrogens (tertiary/aromatic N) is 1. The van der Waals surface area contributed by atoms with Crippen molar-refractivity contribution in [3.05, 3.63) is 0 Å². The van der Waals surface area contributed by atoms with Crippen LogP contribution in [0.25, 0.3) is 0 Å². The van der Waals surface area contributed by atoms with Crippen LogP contribution in [0.15, 0.2) is 0 Å². The van der Waals surface area contributed by atoms with Crippen molar-refractivity contribution in [2.24, 2.45) is 0 Å². The molecule has 0 unspecified atom stereocenters. The molecule has 0 bridgehead atoms. The predicted octanol–water partition coefficient (Wildman–Crippen LogP) is 3.24. The van der Waals surface area contributed by atoms with Crippen LogP contribution in [0.5, 0.6) is 0 Å². The van der Waals surface area contributed by atoms with Crippen LogP contribution in [0.1, 0.15) is 0 Å². The van der Waals surface area contributed by atoms with Crippen LogP contribution in [0.2, 0.25) is 0 Å². The number of morpholine rings is 1. The summed E-state index contributed by atoms with van der Waals surface area (Å²) in [6, 6.07) is -19.2. The lowest BCUT2D eigenvalue weighted by Crippen LogP contribution is -2.78. The van der Waals surface area contributed by atoms with E-state index in [-0.39, 0.29) is 22.6 Å². The third-order valence-electron chi connectivity index (χ3n) is 2.04. The van der Waals surface area contributed by atoms with Gasteiger partial charge in [-0.15, -0.1) is 0 Å². The first kappa shape index (κ1) is 17.7. The number of carbonyl (C=O) groups is 1. The lowest BCUT2D eigenvalue weighted by atomic mass is 10.2. The van der Waals surface area contributed by atoms with Gasteiger partial charge in [-0.3, -0.25) is 4.79 Å². The minimum atomic E-state index is -6.58. The summed E-state index contributed by atoms with van der Waals surface area (Å²) < 4.78 is 127. The molecule has 118 valence electrons. The molecule has 0 aromatic heterocycles. The third kappa shape index (κ3) is 2.15. The highest BCUT2D eigenvalue weighted by molar-refractivity contribution is 14.1. The summed E-state index contributed by atoms with van der Waals surface area (Å²) in [5.41, 5.74) is 0. The first-order chi connectivity index (χ1) is 8.52. The van der Waals surface area contributed by atoms with Crippen molar-refractivity contribution in [3.8, 4) is 0 Å². The Morgan fingerprint density at radius 1 is 0.900 bits per heavy atom. The van der Waals surface area contributed by atoms with Crippen LogP contribution < -0.4 is 0 Å². The lowest BCUT2D eigenvalue weighted by Gasteiger charge is -2.48. The summed E-state index contributed by atoms with van der Waals surface area (Å²) in [6.07, 6.45) is -12.8. The lowest BCUT2D eigenvalue weighted by molar-refractivity contribution is -0.580. The van der Waals surface area contributed by atoms with Crippen molar-refractivity contribution in [2.45, 2.75) is 30.4 Å². The molecule has 1 aliphatic heterocycles. The second-order valence-electron chi connectivity index (χ2n) is 3.37. The number of hydrogen-bond donors (Lipinski definition) is 0. The van der Waals surface area contributed by atoms with E-state index in [1.807, 2.05) is 4.74 Å². The number of halogens is 11. The fraction of sp³-hybridized carbons (Fsp3) is 0.833. The molecule has 0 aromatic rings. The molecule has 1 aliphatic rings. The monoisotopic (exact) mass is 435 g/mol. The Bertz CT molecular complexity index is 411. The summed E-state index contributed by atoms with van der Waals surface area (Å²) in [5.74, 6) is 0. The quantitative estimate of drug-likeness (QED) is 0.289. The molecule has 0 radical (unpaired) electrons. The van der Waals surface area contributed by atoms with Gasteiger partial charge in [0.1, 0.15) is 0 Å². The molecule has 1 heterocycles. The Balaban J connectivity index is 3.60. The fourth-order valence-corrected chi connectivity index (χ4v) is 1.40. The molecule has 0 aromatic carbocycles. The van der Waals surface area contributed by atoms with Gasteiger partial charge in [-0.1, -0.05) is 4.90 Å². The minimum Gasteiger partial charge on any atom is -0.279 e. The van der Waals surface area contributed by atoms with Crippen LogP contribution in [0.3, 0.4) is 0 Å². The van der Waals surface area contributed by atoms with E-state index >= 15 is 0 Å². The molecule has 0 aliphatic carbocycles. The van der Waals surface area contributed by atoms with Crippen LogP contribution in [-0.2, 0) is 9.53 Å². The zero-order chi connectivity index (χ0) is 16.4. The molecule has 20 heavy (non-hydrogen) atoms. The second-order valence-corrected chi connectivity index (χ2v) is 4.35. The number of hydrogen-bond acceptors (Lipinski definition) is 3. The topological polar surface area (TPSA) is 29.5 Å². The highest BCUT2D eigenvalue weighted by Gasteiger charge is 2.87. The molecule has 0 spiro atoms. The average Bonchev–Trinajstić information content (AvgIpc) is 2.11. The maximum Gasteiger partial charge on any atom is 0.439 e. The minimum absolute atomic E-state index is 0.0167. The SMILES string of the molecule is O=C(I)C(F)(F)N1C(F)(F)C(F)(F)OC(F)(F)C1(F)F. The van der Waals surface area contributed by atoms with Gasteiger partial charge >= 0.3 is 30.4 Å². The van der Waals surface area contributed by atoms with Gasteiger partial charge in [0.2, 0.25) is 0 Å².